The molecule has 2 aromatic rings. The molecule has 0 saturated heterocycles. The van der Waals surface area contributed by atoms with Crippen molar-refractivity contribution < 1.29 is 37.7 Å². The molecule has 2 aromatic carbocycles. The molecule has 0 aliphatic rings. The Kier molecular flexibility index (Phi) is 8.93. The van der Waals surface area contributed by atoms with E-state index in [1.807, 2.05) is 36.4 Å². The molecule has 0 heterocycles. The Bertz CT molecular complexity index is 769. The van der Waals surface area contributed by atoms with Gasteiger partial charge in [-0.25, -0.2) is 4.79 Å². The summed E-state index contributed by atoms with van der Waals surface area (Å²) in [5, 5.41) is 18.6. The van der Waals surface area contributed by atoms with E-state index in [2.05, 4.69) is 5.32 Å². The Balaban J connectivity index is 0.000000480. The normalized spacial score (nSPS) is 11.6. The summed E-state index contributed by atoms with van der Waals surface area (Å²) < 4.78 is 37.4. The molecule has 0 aromatic heterocycles. The van der Waals surface area contributed by atoms with Gasteiger partial charge < -0.3 is 26.0 Å². The second kappa shape index (κ2) is 10.9. The molecule has 152 valence electrons. The highest BCUT2D eigenvalue weighted by molar-refractivity contribution is 5.94. The van der Waals surface area contributed by atoms with Crippen molar-refractivity contribution in [1.29, 1.82) is 0 Å². The number of ether oxygens (including phenoxy) is 1. The zero-order chi connectivity index (χ0) is 21.2. The number of aliphatic hydroxyl groups excluding tert-OH is 1. The maximum absolute atomic E-state index is 11.6. The second-order valence-electron chi connectivity index (χ2n) is 5.38. The van der Waals surface area contributed by atoms with Crippen LogP contribution in [0.25, 0.3) is 0 Å². The molecule has 0 fully saturated rings. The van der Waals surface area contributed by atoms with Gasteiger partial charge in [0.2, 0.25) is 5.91 Å². The predicted octanol–water partition coefficient (Wildman–Crippen LogP) is 2.16. The molecule has 0 saturated carbocycles. The molecule has 1 amide bonds. The molecule has 7 nitrogen and oxygen atoms in total. The number of benzene rings is 2. The van der Waals surface area contributed by atoms with Crippen molar-refractivity contribution in [2.45, 2.75) is 18.8 Å². The Morgan fingerprint density at radius 2 is 1.71 bits per heavy atom. The van der Waals surface area contributed by atoms with Crippen LogP contribution in [-0.4, -0.2) is 40.9 Å². The molecule has 1 atom stereocenters. The average molecular weight is 400 g/mol. The number of carbonyl (C=O) groups excluding carboxylic acids is 1. The fraction of sp³-hybridized carbons (Fsp3) is 0.222. The van der Waals surface area contributed by atoms with Crippen LogP contribution in [0.15, 0.2) is 54.6 Å². The minimum Gasteiger partial charge on any atom is -0.489 e. The number of hydrogen-bond donors (Lipinski definition) is 4. The first-order valence-corrected chi connectivity index (χ1v) is 7.87. The molecule has 1 unspecified atom stereocenters. The molecular formula is C18H19F3N2O5. The van der Waals surface area contributed by atoms with Crippen LogP contribution in [-0.2, 0) is 16.2 Å². The lowest BCUT2D eigenvalue weighted by Crippen LogP contribution is -2.38. The molecule has 0 aliphatic carbocycles. The molecule has 28 heavy (non-hydrogen) atoms. The van der Waals surface area contributed by atoms with Crippen molar-refractivity contribution in [1.82, 2.24) is 0 Å². The zero-order valence-corrected chi connectivity index (χ0v) is 14.5. The minimum absolute atomic E-state index is 0.393. The van der Waals surface area contributed by atoms with Crippen LogP contribution in [0.1, 0.15) is 5.56 Å². The van der Waals surface area contributed by atoms with E-state index in [0.29, 0.717) is 18.0 Å². The van der Waals surface area contributed by atoms with E-state index in [1.165, 1.54) is 0 Å². The van der Waals surface area contributed by atoms with Crippen molar-refractivity contribution in [2.24, 2.45) is 5.73 Å². The van der Waals surface area contributed by atoms with Gasteiger partial charge in [-0.1, -0.05) is 36.4 Å². The van der Waals surface area contributed by atoms with Gasteiger partial charge in [0.25, 0.3) is 0 Å². The Morgan fingerprint density at radius 1 is 1.11 bits per heavy atom. The third-order valence-corrected chi connectivity index (χ3v) is 3.13. The zero-order valence-electron chi connectivity index (χ0n) is 14.5. The van der Waals surface area contributed by atoms with Crippen LogP contribution in [0.2, 0.25) is 0 Å². The summed E-state index contributed by atoms with van der Waals surface area (Å²) in [4.78, 5) is 20.5. The summed E-state index contributed by atoms with van der Waals surface area (Å²) in [6.45, 7) is 0.0599. The van der Waals surface area contributed by atoms with Gasteiger partial charge in [0.1, 0.15) is 18.4 Å². The fourth-order valence-electron chi connectivity index (χ4n) is 1.72. The molecule has 10 heteroatoms. The quantitative estimate of drug-likeness (QED) is 0.590. The third kappa shape index (κ3) is 8.52. The number of carboxylic acid groups (broad SMARTS) is 1. The van der Waals surface area contributed by atoms with Crippen LogP contribution in [0.3, 0.4) is 0 Å². The number of carboxylic acids is 1. The number of hydrogen-bond acceptors (Lipinski definition) is 5. The van der Waals surface area contributed by atoms with Gasteiger partial charge in [-0.15, -0.1) is 0 Å². The SMILES string of the molecule is NC(CO)C(=O)Nc1cccc(OCc2ccccc2)c1.O=C(O)C(F)(F)F. The molecular weight excluding hydrogens is 381 g/mol. The van der Waals surface area contributed by atoms with Crippen LogP contribution in [0, 0.1) is 0 Å². The van der Waals surface area contributed by atoms with E-state index in [0.717, 1.165) is 5.56 Å². The van der Waals surface area contributed by atoms with Gasteiger partial charge >= 0.3 is 12.1 Å². The van der Waals surface area contributed by atoms with Crippen LogP contribution < -0.4 is 15.8 Å². The number of aliphatic carboxylic acids is 1. The summed E-state index contributed by atoms with van der Waals surface area (Å²) in [7, 11) is 0. The Morgan fingerprint density at radius 3 is 2.25 bits per heavy atom. The van der Waals surface area contributed by atoms with Crippen LogP contribution in [0.4, 0.5) is 18.9 Å². The van der Waals surface area contributed by atoms with Gasteiger partial charge in [0.05, 0.1) is 6.61 Å². The Labute approximate surface area is 158 Å². The summed E-state index contributed by atoms with van der Waals surface area (Å²) >= 11 is 0. The van der Waals surface area contributed by atoms with Gasteiger partial charge in [0, 0.05) is 11.8 Å². The minimum atomic E-state index is -5.08. The smallest absolute Gasteiger partial charge is 0.489 e. The highest BCUT2D eigenvalue weighted by Gasteiger charge is 2.38. The summed E-state index contributed by atoms with van der Waals surface area (Å²) in [5.41, 5.74) is 7.09. The van der Waals surface area contributed by atoms with Crippen molar-refractivity contribution in [3.63, 3.8) is 0 Å². The average Bonchev–Trinajstić information content (AvgIpc) is 2.66. The number of rotatable bonds is 6. The molecule has 5 N–H and O–H groups in total. The van der Waals surface area contributed by atoms with Crippen molar-refractivity contribution in [2.75, 3.05) is 11.9 Å². The first-order valence-electron chi connectivity index (χ1n) is 7.87. The van der Waals surface area contributed by atoms with Crippen LogP contribution >= 0.6 is 0 Å². The van der Waals surface area contributed by atoms with E-state index in [9.17, 15) is 18.0 Å². The van der Waals surface area contributed by atoms with E-state index in [1.54, 1.807) is 18.2 Å². The lowest BCUT2D eigenvalue weighted by molar-refractivity contribution is -0.192. The lowest BCUT2D eigenvalue weighted by Gasteiger charge is -2.11. The summed E-state index contributed by atoms with van der Waals surface area (Å²) in [6.07, 6.45) is -5.08. The van der Waals surface area contributed by atoms with Gasteiger partial charge in [0.15, 0.2) is 0 Å². The fourth-order valence-corrected chi connectivity index (χ4v) is 1.72. The standard InChI is InChI=1S/C16H18N2O3.C2HF3O2/c17-15(10-19)16(20)18-13-7-4-8-14(9-13)21-11-12-5-2-1-3-6-12;3-2(4,5)1(6)7/h1-9,15,19H,10-11,17H2,(H,18,20);(H,6,7). The number of carbonyl (C=O) groups is 2. The maximum Gasteiger partial charge on any atom is 0.490 e. The van der Waals surface area contributed by atoms with E-state index >= 15 is 0 Å². The maximum atomic E-state index is 11.6. The van der Waals surface area contributed by atoms with E-state index < -0.39 is 30.7 Å². The molecule has 0 bridgehead atoms. The Hall–Kier alpha value is -3.11. The number of nitrogens with two attached hydrogens (primary N) is 1. The van der Waals surface area contributed by atoms with Gasteiger partial charge in [-0.2, -0.15) is 13.2 Å². The second-order valence-corrected chi connectivity index (χ2v) is 5.38. The molecule has 0 aliphatic heterocycles. The lowest BCUT2D eigenvalue weighted by atomic mass is 10.2. The summed E-state index contributed by atoms with van der Waals surface area (Å²) in [5.74, 6) is -2.54. The summed E-state index contributed by atoms with van der Waals surface area (Å²) in [6, 6.07) is 15.9. The number of amides is 1. The van der Waals surface area contributed by atoms with Crippen molar-refractivity contribution >= 4 is 17.6 Å². The molecule has 0 spiro atoms. The van der Waals surface area contributed by atoms with Crippen LogP contribution in [0.5, 0.6) is 5.75 Å². The third-order valence-electron chi connectivity index (χ3n) is 3.13. The first-order chi connectivity index (χ1) is 13.1. The number of anilines is 1. The van der Waals surface area contributed by atoms with Crippen molar-refractivity contribution in [3.05, 3.63) is 60.2 Å². The highest BCUT2D eigenvalue weighted by atomic mass is 19.4. The first kappa shape index (κ1) is 22.9. The predicted molar refractivity (Wildman–Crippen MR) is 94.6 cm³/mol. The number of nitrogens with one attached hydrogen (secondary N) is 1. The van der Waals surface area contributed by atoms with Gasteiger partial charge in [-0.05, 0) is 17.7 Å². The molecule has 0 radical (unpaired) electrons. The van der Waals surface area contributed by atoms with Gasteiger partial charge in [-0.3, -0.25) is 4.79 Å². The van der Waals surface area contributed by atoms with E-state index in [-0.39, 0.29) is 0 Å². The molecule has 2 rings (SSSR count). The number of alkyl halides is 3. The number of halogens is 3. The van der Waals surface area contributed by atoms with E-state index in [4.69, 9.17) is 25.5 Å². The number of aliphatic hydroxyl groups is 1. The topological polar surface area (TPSA) is 122 Å². The monoisotopic (exact) mass is 400 g/mol. The highest BCUT2D eigenvalue weighted by Crippen LogP contribution is 2.18. The largest absolute Gasteiger partial charge is 0.490 e. The van der Waals surface area contributed by atoms with Crippen molar-refractivity contribution in [3.8, 4) is 5.75 Å².